The maximum absolute atomic E-state index is 12.6. The molecule has 1 saturated carbocycles. The van der Waals surface area contributed by atoms with E-state index in [1.54, 1.807) is 0 Å². The van der Waals surface area contributed by atoms with E-state index in [2.05, 4.69) is 27.7 Å². The predicted octanol–water partition coefficient (Wildman–Crippen LogP) is 3.56. The zero-order valence-corrected chi connectivity index (χ0v) is 11.8. The summed E-state index contributed by atoms with van der Waals surface area (Å²) in [6, 6.07) is 0. The van der Waals surface area contributed by atoms with Gasteiger partial charge in [-0.1, -0.05) is 33.6 Å². The molecule has 2 aliphatic rings. The average Bonchev–Trinajstić information content (AvgIpc) is 2.40. The third-order valence-corrected chi connectivity index (χ3v) is 9.42. The van der Waals surface area contributed by atoms with Crippen LogP contribution in [0.5, 0.6) is 0 Å². The van der Waals surface area contributed by atoms with Crippen LogP contribution in [0.4, 0.5) is 0 Å². The summed E-state index contributed by atoms with van der Waals surface area (Å²) in [5, 5.41) is 1.15. The van der Waals surface area contributed by atoms with Gasteiger partial charge in [-0.2, -0.15) is 0 Å². The second-order valence-electron chi connectivity index (χ2n) is 5.97. The van der Waals surface area contributed by atoms with Crippen LogP contribution in [-0.4, -0.2) is 18.8 Å². The van der Waals surface area contributed by atoms with Crippen LogP contribution in [0.25, 0.3) is 0 Å². The predicted molar refractivity (Wildman–Crippen MR) is 69.6 cm³/mol. The molecule has 3 heteroatoms. The highest BCUT2D eigenvalue weighted by atomic mass is 32.2. The van der Waals surface area contributed by atoms with Crippen LogP contribution in [-0.2, 0) is 10.8 Å². The maximum atomic E-state index is 12.6. The molecule has 0 amide bonds. The monoisotopic (exact) mass is 246 g/mol. The molecule has 4 atom stereocenters. The van der Waals surface area contributed by atoms with Crippen molar-refractivity contribution in [3.8, 4) is 0 Å². The standard InChI is InChI=1S/C12H22OS2/c1-11(2,3)12(4)14-9-7-5-6-8-10(9)15(12)13/h9-10H,5-8H2,1-4H3/t9-,10-,12?,15?/m1/s1. The quantitative estimate of drug-likeness (QED) is 0.650. The lowest BCUT2D eigenvalue weighted by Gasteiger charge is -2.36. The third kappa shape index (κ3) is 1.80. The first-order valence-electron chi connectivity index (χ1n) is 5.95. The molecule has 0 aromatic carbocycles. The van der Waals surface area contributed by atoms with E-state index in [9.17, 15) is 4.21 Å². The molecule has 2 rings (SSSR count). The summed E-state index contributed by atoms with van der Waals surface area (Å²) < 4.78 is 12.6. The van der Waals surface area contributed by atoms with Crippen LogP contribution in [0.3, 0.4) is 0 Å². The molecule has 1 nitrogen and oxygen atoms in total. The van der Waals surface area contributed by atoms with Crippen LogP contribution in [0.1, 0.15) is 53.4 Å². The third-order valence-electron chi connectivity index (χ3n) is 4.04. The fraction of sp³-hybridized carbons (Fsp3) is 1.00. The van der Waals surface area contributed by atoms with E-state index in [1.807, 2.05) is 11.8 Å². The first-order valence-corrected chi connectivity index (χ1v) is 8.04. The summed E-state index contributed by atoms with van der Waals surface area (Å²) in [5.74, 6) is 0. The summed E-state index contributed by atoms with van der Waals surface area (Å²) >= 11 is 2.01. The fourth-order valence-corrected chi connectivity index (χ4v) is 7.61. The lowest BCUT2D eigenvalue weighted by molar-refractivity contribution is 0.378. The van der Waals surface area contributed by atoms with Gasteiger partial charge in [0.15, 0.2) is 0 Å². The van der Waals surface area contributed by atoms with Crippen molar-refractivity contribution >= 4 is 22.6 Å². The largest absolute Gasteiger partial charge is 0.258 e. The zero-order chi connectivity index (χ0) is 11.3. The van der Waals surface area contributed by atoms with E-state index in [1.165, 1.54) is 25.7 Å². The molecular formula is C12H22OS2. The molecule has 1 aliphatic carbocycles. The minimum atomic E-state index is -0.649. The Kier molecular flexibility index (Phi) is 3.00. The van der Waals surface area contributed by atoms with E-state index in [0.29, 0.717) is 10.5 Å². The molecule has 0 spiro atoms. The molecule has 0 bridgehead atoms. The van der Waals surface area contributed by atoms with Crippen LogP contribution in [0.15, 0.2) is 0 Å². The maximum Gasteiger partial charge on any atom is 0.0935 e. The molecule has 1 heterocycles. The Morgan fingerprint density at radius 2 is 1.87 bits per heavy atom. The fourth-order valence-electron chi connectivity index (χ4n) is 2.55. The number of rotatable bonds is 0. The topological polar surface area (TPSA) is 17.1 Å². The second-order valence-corrected chi connectivity index (χ2v) is 9.91. The Bertz CT molecular complexity index is 282. The van der Waals surface area contributed by atoms with Crippen molar-refractivity contribution < 1.29 is 4.21 Å². The highest BCUT2D eigenvalue weighted by molar-refractivity contribution is 8.16. The van der Waals surface area contributed by atoms with Crippen molar-refractivity contribution in [2.45, 2.75) is 68.0 Å². The lowest BCUT2D eigenvalue weighted by atomic mass is 9.92. The van der Waals surface area contributed by atoms with Crippen molar-refractivity contribution in [2.24, 2.45) is 5.41 Å². The first kappa shape index (κ1) is 12.0. The number of hydrogen-bond acceptors (Lipinski definition) is 2. The molecular weight excluding hydrogens is 224 g/mol. The molecule has 2 fully saturated rings. The Hall–Kier alpha value is 0.500. The minimum Gasteiger partial charge on any atom is -0.258 e. The molecule has 88 valence electrons. The normalized spacial score (nSPS) is 46.5. The van der Waals surface area contributed by atoms with E-state index >= 15 is 0 Å². The summed E-state index contributed by atoms with van der Waals surface area (Å²) in [7, 11) is -0.649. The summed E-state index contributed by atoms with van der Waals surface area (Å²) in [6.45, 7) is 8.91. The van der Waals surface area contributed by atoms with Crippen molar-refractivity contribution in [3.63, 3.8) is 0 Å². The Balaban J connectivity index is 2.27. The van der Waals surface area contributed by atoms with Gasteiger partial charge in [-0.3, -0.25) is 4.21 Å². The molecule has 0 aromatic heterocycles. The summed E-state index contributed by atoms with van der Waals surface area (Å²) in [5.41, 5.74) is 0.139. The van der Waals surface area contributed by atoms with Gasteiger partial charge in [0.05, 0.1) is 4.08 Å². The molecule has 1 aliphatic heterocycles. The average molecular weight is 246 g/mol. The molecule has 0 N–H and O–H groups in total. The van der Waals surface area contributed by atoms with Gasteiger partial charge in [-0.15, -0.1) is 11.8 Å². The van der Waals surface area contributed by atoms with Gasteiger partial charge in [0.1, 0.15) is 0 Å². The summed E-state index contributed by atoms with van der Waals surface area (Å²) in [4.78, 5) is 0. The minimum absolute atomic E-state index is 0.0350. The van der Waals surface area contributed by atoms with E-state index in [-0.39, 0.29) is 9.49 Å². The van der Waals surface area contributed by atoms with Gasteiger partial charge in [-0.25, -0.2) is 0 Å². The number of thioether (sulfide) groups is 1. The van der Waals surface area contributed by atoms with Gasteiger partial charge < -0.3 is 0 Å². The van der Waals surface area contributed by atoms with Crippen molar-refractivity contribution in [1.29, 1.82) is 0 Å². The van der Waals surface area contributed by atoms with Crippen LogP contribution in [0.2, 0.25) is 0 Å². The Morgan fingerprint density at radius 3 is 2.40 bits per heavy atom. The highest BCUT2D eigenvalue weighted by Crippen LogP contribution is 2.56. The van der Waals surface area contributed by atoms with Crippen molar-refractivity contribution in [2.75, 3.05) is 0 Å². The lowest BCUT2D eigenvalue weighted by Crippen LogP contribution is -2.40. The smallest absolute Gasteiger partial charge is 0.0935 e. The Labute approximate surface area is 100 Å². The molecule has 0 aromatic rings. The number of hydrogen-bond donors (Lipinski definition) is 0. The molecule has 0 radical (unpaired) electrons. The van der Waals surface area contributed by atoms with Gasteiger partial charge in [0.2, 0.25) is 0 Å². The van der Waals surface area contributed by atoms with Gasteiger partial charge in [0.25, 0.3) is 0 Å². The molecule has 1 saturated heterocycles. The SMILES string of the molecule is CC(C)(C)C1(C)S[C@@H]2CCCC[C@H]2S1=O. The number of fused-ring (bicyclic) bond motifs is 1. The van der Waals surface area contributed by atoms with Crippen molar-refractivity contribution in [3.05, 3.63) is 0 Å². The van der Waals surface area contributed by atoms with Crippen LogP contribution in [0, 0.1) is 5.41 Å². The molecule has 2 unspecified atom stereocenters. The van der Waals surface area contributed by atoms with E-state index in [4.69, 9.17) is 0 Å². The van der Waals surface area contributed by atoms with Gasteiger partial charge in [-0.05, 0) is 25.2 Å². The van der Waals surface area contributed by atoms with Crippen LogP contribution >= 0.6 is 11.8 Å². The first-order chi connectivity index (χ1) is 6.86. The van der Waals surface area contributed by atoms with Gasteiger partial charge in [0, 0.05) is 21.3 Å². The Morgan fingerprint density at radius 1 is 1.27 bits per heavy atom. The second kappa shape index (κ2) is 3.76. The van der Waals surface area contributed by atoms with E-state index in [0.717, 1.165) is 0 Å². The van der Waals surface area contributed by atoms with E-state index < -0.39 is 10.8 Å². The zero-order valence-electron chi connectivity index (χ0n) is 10.2. The molecule has 15 heavy (non-hydrogen) atoms. The summed E-state index contributed by atoms with van der Waals surface area (Å²) in [6.07, 6.45) is 5.10. The highest BCUT2D eigenvalue weighted by Gasteiger charge is 2.55. The van der Waals surface area contributed by atoms with Gasteiger partial charge >= 0.3 is 0 Å². The van der Waals surface area contributed by atoms with Crippen molar-refractivity contribution in [1.82, 2.24) is 0 Å². The van der Waals surface area contributed by atoms with Crippen LogP contribution < -0.4 is 0 Å².